The van der Waals surface area contributed by atoms with Gasteiger partial charge < -0.3 is 9.47 Å². The lowest BCUT2D eigenvalue weighted by Gasteiger charge is -2.16. The summed E-state index contributed by atoms with van der Waals surface area (Å²) < 4.78 is 10.4. The van der Waals surface area contributed by atoms with Crippen molar-refractivity contribution in [2.24, 2.45) is 0 Å². The molecular formula is C12H13NO4. The molecule has 2 rings (SSSR count). The van der Waals surface area contributed by atoms with Crippen LogP contribution in [0.2, 0.25) is 0 Å². The SMILES string of the molecule is COc1c(C2=CCOCC2)cccc1[N+](=O)[O-]. The van der Waals surface area contributed by atoms with Gasteiger partial charge in [0.15, 0.2) is 0 Å². The van der Waals surface area contributed by atoms with Gasteiger partial charge >= 0.3 is 5.69 Å². The number of nitro groups is 1. The highest BCUT2D eigenvalue weighted by molar-refractivity contribution is 5.75. The van der Waals surface area contributed by atoms with E-state index in [4.69, 9.17) is 9.47 Å². The van der Waals surface area contributed by atoms with Gasteiger partial charge in [-0.1, -0.05) is 18.2 Å². The van der Waals surface area contributed by atoms with E-state index in [2.05, 4.69) is 0 Å². The first kappa shape index (κ1) is 11.6. The van der Waals surface area contributed by atoms with Gasteiger partial charge in [-0.25, -0.2) is 0 Å². The second kappa shape index (κ2) is 4.97. The average molecular weight is 235 g/mol. The number of nitro benzene ring substituents is 1. The highest BCUT2D eigenvalue weighted by Gasteiger charge is 2.20. The molecule has 0 saturated carbocycles. The van der Waals surface area contributed by atoms with E-state index in [1.165, 1.54) is 13.2 Å². The van der Waals surface area contributed by atoms with E-state index < -0.39 is 4.92 Å². The van der Waals surface area contributed by atoms with Crippen LogP contribution in [0.4, 0.5) is 5.69 Å². The molecule has 0 aromatic heterocycles. The summed E-state index contributed by atoms with van der Waals surface area (Å²) in [6.45, 7) is 1.18. The fraction of sp³-hybridized carbons (Fsp3) is 0.333. The van der Waals surface area contributed by atoms with Crippen molar-refractivity contribution >= 4 is 11.3 Å². The van der Waals surface area contributed by atoms with Gasteiger partial charge in [0.1, 0.15) is 0 Å². The van der Waals surface area contributed by atoms with Crippen LogP contribution in [0, 0.1) is 10.1 Å². The zero-order chi connectivity index (χ0) is 12.3. The molecule has 0 amide bonds. The summed E-state index contributed by atoms with van der Waals surface area (Å²) >= 11 is 0. The molecule has 1 aromatic rings. The van der Waals surface area contributed by atoms with E-state index in [1.54, 1.807) is 6.07 Å². The van der Waals surface area contributed by atoms with Crippen molar-refractivity contribution in [3.05, 3.63) is 40.0 Å². The third-order valence-electron chi connectivity index (χ3n) is 2.70. The minimum Gasteiger partial charge on any atom is -0.490 e. The maximum atomic E-state index is 10.9. The maximum absolute atomic E-state index is 10.9. The molecule has 1 aromatic carbocycles. The van der Waals surface area contributed by atoms with Gasteiger partial charge in [0, 0.05) is 11.6 Å². The predicted molar refractivity (Wildman–Crippen MR) is 63.1 cm³/mol. The van der Waals surface area contributed by atoms with Crippen LogP contribution in [-0.2, 0) is 4.74 Å². The van der Waals surface area contributed by atoms with Gasteiger partial charge in [-0.15, -0.1) is 0 Å². The molecule has 0 bridgehead atoms. The largest absolute Gasteiger partial charge is 0.490 e. The molecule has 0 radical (unpaired) electrons. The van der Waals surface area contributed by atoms with E-state index in [-0.39, 0.29) is 5.69 Å². The van der Waals surface area contributed by atoms with Gasteiger partial charge in [0.05, 0.1) is 25.2 Å². The Hall–Kier alpha value is -1.88. The molecule has 0 unspecified atom stereocenters. The molecular weight excluding hydrogens is 222 g/mol. The molecule has 1 heterocycles. The lowest BCUT2D eigenvalue weighted by Crippen LogP contribution is -2.05. The van der Waals surface area contributed by atoms with E-state index in [9.17, 15) is 10.1 Å². The standard InChI is InChI=1S/C12H13NO4/c1-16-12-10(9-5-7-17-8-6-9)3-2-4-11(12)13(14)15/h2-5H,6-8H2,1H3. The third kappa shape index (κ3) is 2.29. The summed E-state index contributed by atoms with van der Waals surface area (Å²) in [6, 6.07) is 4.96. The summed E-state index contributed by atoms with van der Waals surface area (Å²) in [5, 5.41) is 10.9. The monoisotopic (exact) mass is 235 g/mol. The number of hydrogen-bond donors (Lipinski definition) is 0. The number of nitrogens with zero attached hydrogens (tertiary/aromatic N) is 1. The molecule has 5 nitrogen and oxygen atoms in total. The van der Waals surface area contributed by atoms with Crippen LogP contribution in [0.15, 0.2) is 24.3 Å². The van der Waals surface area contributed by atoms with Crippen molar-refractivity contribution in [3.8, 4) is 5.75 Å². The molecule has 1 aliphatic heterocycles. The van der Waals surface area contributed by atoms with Crippen molar-refractivity contribution in [3.63, 3.8) is 0 Å². The lowest BCUT2D eigenvalue weighted by atomic mass is 10.00. The quantitative estimate of drug-likeness (QED) is 0.596. The van der Waals surface area contributed by atoms with Gasteiger partial charge in [-0.05, 0) is 12.0 Å². The van der Waals surface area contributed by atoms with Crippen LogP contribution in [0.25, 0.3) is 5.57 Å². The Bertz CT molecular complexity index is 468. The fourth-order valence-corrected chi connectivity index (χ4v) is 1.91. The Morgan fingerprint density at radius 1 is 1.47 bits per heavy atom. The molecule has 17 heavy (non-hydrogen) atoms. The Labute approximate surface area is 98.8 Å². The maximum Gasteiger partial charge on any atom is 0.311 e. The van der Waals surface area contributed by atoms with E-state index in [0.717, 1.165) is 17.6 Å². The van der Waals surface area contributed by atoms with Crippen LogP contribution in [0.5, 0.6) is 5.75 Å². The smallest absolute Gasteiger partial charge is 0.311 e. The van der Waals surface area contributed by atoms with E-state index in [1.807, 2.05) is 12.1 Å². The zero-order valence-corrected chi connectivity index (χ0v) is 9.51. The Kier molecular flexibility index (Phi) is 3.39. The Morgan fingerprint density at radius 3 is 2.88 bits per heavy atom. The Morgan fingerprint density at radius 2 is 2.29 bits per heavy atom. The summed E-state index contributed by atoms with van der Waals surface area (Å²) in [5.74, 6) is 0.325. The predicted octanol–water partition coefficient (Wildman–Crippen LogP) is 2.41. The first-order valence-corrected chi connectivity index (χ1v) is 5.32. The fourth-order valence-electron chi connectivity index (χ4n) is 1.91. The molecule has 0 atom stereocenters. The number of hydrogen-bond acceptors (Lipinski definition) is 4. The lowest BCUT2D eigenvalue weighted by molar-refractivity contribution is -0.385. The summed E-state index contributed by atoms with van der Waals surface area (Å²) in [7, 11) is 1.45. The zero-order valence-electron chi connectivity index (χ0n) is 9.51. The first-order chi connectivity index (χ1) is 8.24. The van der Waals surface area contributed by atoms with Crippen LogP contribution in [-0.4, -0.2) is 25.2 Å². The molecule has 90 valence electrons. The minimum absolute atomic E-state index is 0.00241. The van der Waals surface area contributed by atoms with Crippen molar-refractivity contribution in [2.75, 3.05) is 20.3 Å². The molecule has 0 fully saturated rings. The first-order valence-electron chi connectivity index (χ1n) is 5.32. The number of ether oxygens (including phenoxy) is 2. The van der Waals surface area contributed by atoms with Gasteiger partial charge in [0.2, 0.25) is 5.75 Å². The second-order valence-corrected chi connectivity index (χ2v) is 3.67. The number of benzene rings is 1. The minimum atomic E-state index is -0.428. The molecule has 0 aliphatic carbocycles. The molecule has 1 aliphatic rings. The van der Waals surface area contributed by atoms with E-state index in [0.29, 0.717) is 19.0 Å². The highest BCUT2D eigenvalue weighted by Crippen LogP contribution is 2.36. The molecule has 0 spiro atoms. The van der Waals surface area contributed by atoms with Crippen LogP contribution in [0.1, 0.15) is 12.0 Å². The van der Waals surface area contributed by atoms with Crippen molar-refractivity contribution in [1.82, 2.24) is 0 Å². The van der Waals surface area contributed by atoms with Crippen LogP contribution >= 0.6 is 0 Å². The van der Waals surface area contributed by atoms with Crippen LogP contribution in [0.3, 0.4) is 0 Å². The van der Waals surface area contributed by atoms with Gasteiger partial charge in [-0.2, -0.15) is 0 Å². The van der Waals surface area contributed by atoms with E-state index >= 15 is 0 Å². The summed E-state index contributed by atoms with van der Waals surface area (Å²) in [4.78, 5) is 10.5. The number of para-hydroxylation sites is 1. The second-order valence-electron chi connectivity index (χ2n) is 3.67. The van der Waals surface area contributed by atoms with Crippen molar-refractivity contribution < 1.29 is 14.4 Å². The molecule has 5 heteroatoms. The summed E-state index contributed by atoms with van der Waals surface area (Å²) in [5.41, 5.74) is 1.82. The van der Waals surface area contributed by atoms with Crippen molar-refractivity contribution in [1.29, 1.82) is 0 Å². The third-order valence-corrected chi connectivity index (χ3v) is 2.70. The molecule has 0 N–H and O–H groups in total. The normalized spacial score (nSPS) is 15.2. The highest BCUT2D eigenvalue weighted by atomic mass is 16.6. The summed E-state index contributed by atoms with van der Waals surface area (Å²) in [6.07, 6.45) is 2.68. The topological polar surface area (TPSA) is 61.6 Å². The number of rotatable bonds is 3. The van der Waals surface area contributed by atoms with Gasteiger partial charge in [0.25, 0.3) is 0 Å². The molecule has 0 saturated heterocycles. The van der Waals surface area contributed by atoms with Crippen molar-refractivity contribution in [2.45, 2.75) is 6.42 Å². The number of methoxy groups -OCH3 is 1. The van der Waals surface area contributed by atoms with Gasteiger partial charge in [-0.3, -0.25) is 10.1 Å². The average Bonchev–Trinajstić information content (AvgIpc) is 2.38. The van der Waals surface area contributed by atoms with Crippen LogP contribution < -0.4 is 4.74 Å². The Balaban J connectivity index is 2.49.